The van der Waals surface area contributed by atoms with Crippen LogP contribution in [0, 0.1) is 6.92 Å². The summed E-state index contributed by atoms with van der Waals surface area (Å²) in [6.45, 7) is 5.36. The van der Waals surface area contributed by atoms with Crippen LogP contribution in [0.25, 0.3) is 0 Å². The summed E-state index contributed by atoms with van der Waals surface area (Å²) in [5, 5.41) is 7.86. The predicted octanol–water partition coefficient (Wildman–Crippen LogP) is 0.935. The fourth-order valence-electron chi connectivity index (χ4n) is 2.09. The van der Waals surface area contributed by atoms with E-state index in [2.05, 4.69) is 24.3 Å². The molecule has 3 heteroatoms. The second-order valence-corrected chi connectivity index (χ2v) is 3.50. The smallest absolute Gasteiger partial charge is 0.0644 e. The summed E-state index contributed by atoms with van der Waals surface area (Å²) >= 11 is 0. The van der Waals surface area contributed by atoms with Crippen LogP contribution in [0.15, 0.2) is 0 Å². The molecule has 1 atom stereocenters. The van der Waals surface area contributed by atoms with Crippen LogP contribution < -0.4 is 5.32 Å². The normalized spacial score (nSPS) is 22.4. The maximum absolute atomic E-state index is 4.42. The number of hydrogen-bond donors (Lipinski definition) is 1. The highest BCUT2D eigenvalue weighted by molar-refractivity contribution is 5.30. The van der Waals surface area contributed by atoms with E-state index >= 15 is 0 Å². The van der Waals surface area contributed by atoms with Crippen LogP contribution in [-0.2, 0) is 13.5 Å². The Balaban J connectivity index is 2.55. The Morgan fingerprint density at radius 2 is 2.33 bits per heavy atom. The molecule has 1 aliphatic rings. The summed E-state index contributed by atoms with van der Waals surface area (Å²) in [6, 6.07) is 0.474. The molecule has 1 unspecified atom stereocenters. The van der Waals surface area contributed by atoms with Gasteiger partial charge in [-0.2, -0.15) is 5.10 Å². The van der Waals surface area contributed by atoms with Crippen molar-refractivity contribution in [1.29, 1.82) is 0 Å². The number of aryl methyl sites for hydroxylation is 2. The number of rotatable bonds is 0. The molecule has 3 nitrogen and oxygen atoms in total. The Kier molecular flexibility index (Phi) is 1.68. The van der Waals surface area contributed by atoms with Crippen LogP contribution in [0.4, 0.5) is 0 Å². The van der Waals surface area contributed by atoms with Crippen LogP contribution in [-0.4, -0.2) is 16.3 Å². The molecule has 0 aliphatic carbocycles. The van der Waals surface area contributed by atoms with Gasteiger partial charge in [-0.15, -0.1) is 0 Å². The first-order valence-electron chi connectivity index (χ1n) is 4.46. The van der Waals surface area contributed by atoms with E-state index in [9.17, 15) is 0 Å². The number of nitrogens with zero attached hydrogens (tertiary/aromatic N) is 2. The molecule has 0 amide bonds. The maximum Gasteiger partial charge on any atom is 0.0644 e. The molecule has 2 rings (SSSR count). The van der Waals surface area contributed by atoms with E-state index in [1.165, 1.54) is 17.0 Å². The van der Waals surface area contributed by atoms with Gasteiger partial charge in [0.2, 0.25) is 0 Å². The van der Waals surface area contributed by atoms with Gasteiger partial charge in [0.15, 0.2) is 0 Å². The quantitative estimate of drug-likeness (QED) is 0.620. The average molecular weight is 165 g/mol. The molecule has 12 heavy (non-hydrogen) atoms. The Morgan fingerprint density at radius 1 is 1.58 bits per heavy atom. The SMILES string of the molecule is Cc1nn(C)c2c1C(C)NCC2. The first kappa shape index (κ1) is 7.80. The van der Waals surface area contributed by atoms with E-state index < -0.39 is 0 Å². The van der Waals surface area contributed by atoms with Gasteiger partial charge in [-0.1, -0.05) is 0 Å². The molecular formula is C9H15N3. The minimum absolute atomic E-state index is 0.474. The van der Waals surface area contributed by atoms with Crippen LogP contribution in [0.1, 0.15) is 29.9 Å². The van der Waals surface area contributed by atoms with Gasteiger partial charge in [0.1, 0.15) is 0 Å². The fourth-order valence-corrected chi connectivity index (χ4v) is 2.09. The van der Waals surface area contributed by atoms with E-state index in [0.717, 1.165) is 13.0 Å². The third kappa shape index (κ3) is 0.966. The Labute approximate surface area is 72.8 Å². The lowest BCUT2D eigenvalue weighted by Gasteiger charge is -2.21. The van der Waals surface area contributed by atoms with Gasteiger partial charge in [0.05, 0.1) is 5.69 Å². The summed E-state index contributed by atoms with van der Waals surface area (Å²) in [5.41, 5.74) is 3.98. The first-order chi connectivity index (χ1) is 5.70. The molecule has 1 N–H and O–H groups in total. The topological polar surface area (TPSA) is 29.9 Å². The van der Waals surface area contributed by atoms with Crippen molar-refractivity contribution in [3.05, 3.63) is 17.0 Å². The molecule has 0 saturated carbocycles. The van der Waals surface area contributed by atoms with Crippen LogP contribution in [0.5, 0.6) is 0 Å². The van der Waals surface area contributed by atoms with Crippen molar-refractivity contribution in [2.45, 2.75) is 26.3 Å². The van der Waals surface area contributed by atoms with E-state index in [1.807, 2.05) is 11.7 Å². The van der Waals surface area contributed by atoms with E-state index in [0.29, 0.717) is 6.04 Å². The van der Waals surface area contributed by atoms with Crippen LogP contribution >= 0.6 is 0 Å². The second-order valence-electron chi connectivity index (χ2n) is 3.50. The number of nitrogens with one attached hydrogen (secondary N) is 1. The van der Waals surface area contributed by atoms with E-state index in [1.54, 1.807) is 0 Å². The van der Waals surface area contributed by atoms with Crippen molar-refractivity contribution in [2.75, 3.05) is 6.54 Å². The summed E-state index contributed by atoms with van der Waals surface area (Å²) < 4.78 is 2.02. The fraction of sp³-hybridized carbons (Fsp3) is 0.667. The highest BCUT2D eigenvalue weighted by Crippen LogP contribution is 2.24. The van der Waals surface area contributed by atoms with Crippen LogP contribution in [0.2, 0.25) is 0 Å². The molecule has 1 aromatic rings. The van der Waals surface area contributed by atoms with Crippen molar-refractivity contribution >= 4 is 0 Å². The van der Waals surface area contributed by atoms with Gasteiger partial charge in [0.25, 0.3) is 0 Å². The van der Waals surface area contributed by atoms with Gasteiger partial charge in [-0.25, -0.2) is 0 Å². The third-order valence-electron chi connectivity index (χ3n) is 2.64. The van der Waals surface area contributed by atoms with Gasteiger partial charge in [-0.05, 0) is 13.8 Å². The minimum Gasteiger partial charge on any atom is -0.310 e. The molecule has 0 aromatic carbocycles. The van der Waals surface area contributed by atoms with Gasteiger partial charge < -0.3 is 5.32 Å². The maximum atomic E-state index is 4.42. The number of hydrogen-bond acceptors (Lipinski definition) is 2. The average Bonchev–Trinajstić information content (AvgIpc) is 2.29. The van der Waals surface area contributed by atoms with Crippen molar-refractivity contribution in [3.63, 3.8) is 0 Å². The number of fused-ring (bicyclic) bond motifs is 1. The molecule has 0 fully saturated rings. The van der Waals surface area contributed by atoms with Crippen LogP contribution in [0.3, 0.4) is 0 Å². The molecule has 66 valence electrons. The monoisotopic (exact) mass is 165 g/mol. The van der Waals surface area contributed by atoms with Crippen molar-refractivity contribution in [2.24, 2.45) is 7.05 Å². The highest BCUT2D eigenvalue weighted by atomic mass is 15.3. The summed E-state index contributed by atoms with van der Waals surface area (Å²) in [7, 11) is 2.03. The van der Waals surface area contributed by atoms with Gasteiger partial charge in [0, 0.05) is 37.3 Å². The summed E-state index contributed by atoms with van der Waals surface area (Å²) in [5.74, 6) is 0. The molecule has 2 heterocycles. The zero-order chi connectivity index (χ0) is 8.72. The number of aromatic nitrogens is 2. The van der Waals surface area contributed by atoms with Crippen molar-refractivity contribution < 1.29 is 0 Å². The Morgan fingerprint density at radius 3 is 3.00 bits per heavy atom. The Bertz CT molecular complexity index is 301. The highest BCUT2D eigenvalue weighted by Gasteiger charge is 2.21. The Hall–Kier alpha value is -0.830. The molecule has 0 radical (unpaired) electrons. The second kappa shape index (κ2) is 2.59. The van der Waals surface area contributed by atoms with E-state index in [-0.39, 0.29) is 0 Å². The predicted molar refractivity (Wildman–Crippen MR) is 48.1 cm³/mol. The lowest BCUT2D eigenvalue weighted by atomic mass is 10.0. The lowest BCUT2D eigenvalue weighted by Crippen LogP contribution is -2.28. The zero-order valence-corrected chi connectivity index (χ0v) is 7.89. The minimum atomic E-state index is 0.474. The van der Waals surface area contributed by atoms with Gasteiger partial charge in [-0.3, -0.25) is 4.68 Å². The standard InChI is InChI=1S/C9H15N3/c1-6-9-7(2)11-12(3)8(9)4-5-10-6/h6,10H,4-5H2,1-3H3. The summed E-state index contributed by atoms with van der Waals surface area (Å²) in [6.07, 6.45) is 1.11. The largest absolute Gasteiger partial charge is 0.310 e. The van der Waals surface area contributed by atoms with Crippen molar-refractivity contribution in [3.8, 4) is 0 Å². The molecular weight excluding hydrogens is 150 g/mol. The summed E-state index contributed by atoms with van der Waals surface area (Å²) in [4.78, 5) is 0. The first-order valence-corrected chi connectivity index (χ1v) is 4.46. The van der Waals surface area contributed by atoms with E-state index in [4.69, 9.17) is 0 Å². The molecule has 1 aliphatic heterocycles. The molecule has 0 saturated heterocycles. The molecule has 0 spiro atoms. The third-order valence-corrected chi connectivity index (χ3v) is 2.64. The van der Waals surface area contributed by atoms with Gasteiger partial charge >= 0.3 is 0 Å². The zero-order valence-electron chi connectivity index (χ0n) is 7.89. The molecule has 1 aromatic heterocycles. The molecule has 0 bridgehead atoms. The van der Waals surface area contributed by atoms with Crippen molar-refractivity contribution in [1.82, 2.24) is 15.1 Å². The lowest BCUT2D eigenvalue weighted by molar-refractivity contribution is 0.524.